The molecule has 5 saturated heterocycles. The van der Waals surface area contributed by atoms with Crippen molar-refractivity contribution >= 4 is 5.78 Å². The fourth-order valence-corrected chi connectivity index (χ4v) is 16.8. The van der Waals surface area contributed by atoms with Gasteiger partial charge in [-0.05, 0) is 112 Å². The highest BCUT2D eigenvalue weighted by Crippen LogP contribution is 2.75. The molecule has 84 heavy (non-hydrogen) atoms. The van der Waals surface area contributed by atoms with E-state index in [0.29, 0.717) is 38.5 Å². The van der Waals surface area contributed by atoms with Crippen LogP contribution in [-0.4, -0.2) is 268 Å². The number of ketones is 1. The first-order valence-electron chi connectivity index (χ1n) is 30.1. The molecule has 0 amide bonds. The van der Waals surface area contributed by atoms with Crippen LogP contribution in [0.15, 0.2) is 11.6 Å². The summed E-state index contributed by atoms with van der Waals surface area (Å²) in [6, 6.07) is 0. The number of rotatable bonds is 18. The fourth-order valence-electron chi connectivity index (χ4n) is 16.8. The Morgan fingerprint density at radius 3 is 1.73 bits per heavy atom. The number of carbonyl (C=O) groups excluding carboxylic acids is 1. The SMILES string of the molecule is CC(C)=CCC[C@](C)(O[C@@H]1O[C@H](CO[C@@H]2O[C@@H](CO)[C@H](O)[C@H]2O)[C@@H](O)[C@H](O)[C@H]1O)[C@H]1CC[C@]2(C)[C@@H]1C(=O)C[C@@H]1[C@@]3(C)CC[C@H](O[C@@H]4O[C@H](CO[C@@H]5OC[C@@H](O)[C@H](O)[C@H]5O)[C@@H](O)[C@H](O)[C@H]4O[C@@H]4O[C@H](CO)[C@@H](O)[C@H](O)[C@H]4O)C(C)(C)[C@@H]3CC[C@]12C. The molecule has 4 saturated carbocycles. The largest absolute Gasteiger partial charge is 0.394 e. The van der Waals surface area contributed by atoms with Crippen LogP contribution < -0.4 is 0 Å². The molecule has 0 unspecified atom stereocenters. The van der Waals surface area contributed by atoms with Gasteiger partial charge in [0.25, 0.3) is 0 Å². The molecule has 0 spiro atoms. The topological polar surface area (TPSA) is 413 Å². The maximum Gasteiger partial charge on any atom is 0.187 e. The van der Waals surface area contributed by atoms with Gasteiger partial charge in [0.1, 0.15) is 116 Å². The predicted molar refractivity (Wildman–Crippen MR) is 286 cm³/mol. The van der Waals surface area contributed by atoms with Gasteiger partial charge in [-0.3, -0.25) is 4.79 Å². The second kappa shape index (κ2) is 25.6. The zero-order valence-corrected chi connectivity index (χ0v) is 49.3. The van der Waals surface area contributed by atoms with Gasteiger partial charge in [-0.25, -0.2) is 0 Å². The summed E-state index contributed by atoms with van der Waals surface area (Å²) in [7, 11) is 0. The van der Waals surface area contributed by atoms with Gasteiger partial charge in [0.15, 0.2) is 31.5 Å². The summed E-state index contributed by atoms with van der Waals surface area (Å²) < 4.78 is 60.6. The van der Waals surface area contributed by atoms with Crippen LogP contribution in [0.25, 0.3) is 0 Å². The molecule has 15 N–H and O–H groups in total. The summed E-state index contributed by atoms with van der Waals surface area (Å²) in [6.07, 6.45) is -29.9. The van der Waals surface area contributed by atoms with Gasteiger partial charge in [-0.15, -0.1) is 0 Å². The van der Waals surface area contributed by atoms with Crippen molar-refractivity contribution in [1.29, 1.82) is 0 Å². The molecular weight excluding hydrogens is 1110 g/mol. The van der Waals surface area contributed by atoms with Crippen molar-refractivity contribution in [3.8, 4) is 0 Å². The molecule has 32 atom stereocenters. The average Bonchev–Trinajstić information content (AvgIpc) is 1.25. The van der Waals surface area contributed by atoms with Crippen LogP contribution in [-0.2, 0) is 52.2 Å². The van der Waals surface area contributed by atoms with Crippen LogP contribution in [0.3, 0.4) is 0 Å². The maximum atomic E-state index is 15.5. The number of fused-ring (bicyclic) bond motifs is 5. The minimum absolute atomic E-state index is 0.0623. The molecule has 5 aliphatic heterocycles. The Balaban J connectivity index is 0.940. The van der Waals surface area contributed by atoms with Gasteiger partial charge in [-0.2, -0.15) is 0 Å². The smallest absolute Gasteiger partial charge is 0.187 e. The molecule has 484 valence electrons. The van der Waals surface area contributed by atoms with E-state index < -0.39 is 202 Å². The van der Waals surface area contributed by atoms with Gasteiger partial charge in [0.2, 0.25) is 0 Å². The third-order valence-electron chi connectivity index (χ3n) is 22.0. The van der Waals surface area contributed by atoms with Crippen molar-refractivity contribution in [2.75, 3.05) is 33.0 Å². The molecule has 0 bridgehead atoms. The lowest BCUT2D eigenvalue weighted by Crippen LogP contribution is -2.67. The van der Waals surface area contributed by atoms with Crippen molar-refractivity contribution < 1.29 is 129 Å². The third kappa shape index (κ3) is 11.9. The number of allylic oxidation sites excluding steroid dienone is 2. The Labute approximate surface area is 489 Å². The van der Waals surface area contributed by atoms with E-state index in [1.807, 2.05) is 20.8 Å². The quantitative estimate of drug-likeness (QED) is 0.0484. The van der Waals surface area contributed by atoms with Gasteiger partial charge < -0.3 is 124 Å². The molecule has 26 nitrogen and oxygen atoms in total. The first kappa shape index (κ1) is 66.8. The van der Waals surface area contributed by atoms with E-state index >= 15 is 4.79 Å². The van der Waals surface area contributed by atoms with Crippen LogP contribution in [0.5, 0.6) is 0 Å². The first-order valence-corrected chi connectivity index (χ1v) is 30.1. The summed E-state index contributed by atoms with van der Waals surface area (Å²) >= 11 is 0. The Bertz CT molecular complexity index is 2260. The zero-order chi connectivity index (χ0) is 61.5. The van der Waals surface area contributed by atoms with Crippen LogP contribution in [0.1, 0.15) is 113 Å². The lowest BCUT2D eigenvalue weighted by atomic mass is 9.35. The van der Waals surface area contributed by atoms with Crippen LogP contribution in [0, 0.1) is 45.3 Å². The van der Waals surface area contributed by atoms with Gasteiger partial charge >= 0.3 is 0 Å². The molecule has 0 aromatic carbocycles. The molecule has 9 rings (SSSR count). The number of Topliss-reactive ketones (excluding diaryl/α,β-unsaturated/α-hetero) is 1. The number of carbonyl (C=O) groups is 1. The summed E-state index contributed by atoms with van der Waals surface area (Å²) in [5.74, 6) is -0.945. The van der Waals surface area contributed by atoms with E-state index in [-0.39, 0.29) is 42.0 Å². The van der Waals surface area contributed by atoms with E-state index in [0.717, 1.165) is 18.4 Å². The number of hydrogen-bond acceptors (Lipinski definition) is 26. The number of ether oxygens (including phenoxy) is 10. The lowest BCUT2D eigenvalue weighted by Gasteiger charge is -2.69. The number of aliphatic hydroxyl groups excluding tert-OH is 15. The lowest BCUT2D eigenvalue weighted by molar-refractivity contribution is -0.381. The minimum Gasteiger partial charge on any atom is -0.394 e. The second-order valence-corrected chi connectivity index (χ2v) is 27.5. The standard InChI is InChI=1S/C58H96O26/c1-24(2)10-9-14-58(8,84-52-47(74)42(69)39(66)30(80-52)23-77-50-45(72)38(65)29(20-60)78-50)25-11-16-57(7)35(25)26(61)18-33-55(5)15-13-34(54(3,4)32(55)12-17-56(33,57)6)82-53-48(83-51-46(73)41(68)37(64)28(19-59)79-51)43(70)40(67)31(81-53)22-76-49-44(71)36(63)27(62)21-75-49/h10,25,27-53,59-60,62-74H,9,11-23H2,1-8H3/t25-,27+,28+,29-,30+,31+,32-,33+,34-,35-,36-,37+,38-,39+,40+,41-,42-,43-,44+,45+,46+,47+,48+,49-,50+,51-,52-,53-,55-,56+,57+,58-/m0/s1. The molecule has 26 heteroatoms. The summed E-state index contributed by atoms with van der Waals surface area (Å²) in [5.41, 5.74) is -2.11. The predicted octanol–water partition coefficient (Wildman–Crippen LogP) is -2.89. The van der Waals surface area contributed by atoms with E-state index in [1.165, 1.54) is 0 Å². The maximum absolute atomic E-state index is 15.5. The second-order valence-electron chi connectivity index (χ2n) is 27.5. The molecule has 0 radical (unpaired) electrons. The van der Waals surface area contributed by atoms with Gasteiger partial charge in [0.05, 0.1) is 44.7 Å². The summed E-state index contributed by atoms with van der Waals surface area (Å²) in [4.78, 5) is 15.5. The Morgan fingerprint density at radius 1 is 0.571 bits per heavy atom. The fraction of sp³-hybridized carbons (Fsp3) is 0.948. The monoisotopic (exact) mass is 1210 g/mol. The van der Waals surface area contributed by atoms with Gasteiger partial charge in [-0.1, -0.05) is 46.3 Å². The number of aliphatic hydroxyl groups is 15. The highest BCUT2D eigenvalue weighted by molar-refractivity contribution is 5.84. The molecule has 4 aliphatic carbocycles. The van der Waals surface area contributed by atoms with Crippen molar-refractivity contribution in [2.24, 2.45) is 45.3 Å². The minimum atomic E-state index is -1.89. The highest BCUT2D eigenvalue weighted by atomic mass is 16.8. The van der Waals surface area contributed by atoms with Crippen LogP contribution >= 0.6 is 0 Å². The summed E-state index contributed by atoms with van der Waals surface area (Å²) in [6.45, 7) is 14.1. The third-order valence-corrected chi connectivity index (χ3v) is 22.0. The van der Waals surface area contributed by atoms with Crippen molar-refractivity contribution in [2.45, 2.75) is 266 Å². The zero-order valence-electron chi connectivity index (χ0n) is 49.3. The van der Waals surface area contributed by atoms with E-state index in [1.54, 1.807) is 0 Å². The van der Waals surface area contributed by atoms with Crippen LogP contribution in [0.4, 0.5) is 0 Å². The van der Waals surface area contributed by atoms with E-state index in [9.17, 15) is 76.6 Å². The first-order chi connectivity index (χ1) is 39.4. The van der Waals surface area contributed by atoms with Crippen LogP contribution in [0.2, 0.25) is 0 Å². The van der Waals surface area contributed by atoms with E-state index in [2.05, 4.69) is 40.7 Å². The Morgan fingerprint density at radius 2 is 1.10 bits per heavy atom. The molecule has 9 fully saturated rings. The Kier molecular flexibility index (Phi) is 20.4. The van der Waals surface area contributed by atoms with Crippen molar-refractivity contribution in [1.82, 2.24) is 0 Å². The highest BCUT2D eigenvalue weighted by Gasteiger charge is 2.72. The molecule has 9 aliphatic rings. The molecule has 0 aromatic heterocycles. The van der Waals surface area contributed by atoms with E-state index in [4.69, 9.17) is 47.4 Å². The van der Waals surface area contributed by atoms with Crippen molar-refractivity contribution in [3.05, 3.63) is 11.6 Å². The average molecular weight is 1210 g/mol. The Hall–Kier alpha value is -1.59. The summed E-state index contributed by atoms with van der Waals surface area (Å²) in [5, 5.41) is 161. The molecular formula is C58H96O26. The normalized spacial score (nSPS) is 52.0. The molecule has 0 aromatic rings. The van der Waals surface area contributed by atoms with Gasteiger partial charge in [0, 0.05) is 12.3 Å². The molecule has 5 heterocycles. The van der Waals surface area contributed by atoms with Crippen molar-refractivity contribution in [3.63, 3.8) is 0 Å². The number of hydrogen-bond donors (Lipinski definition) is 15.